The van der Waals surface area contributed by atoms with Gasteiger partial charge in [0.15, 0.2) is 0 Å². The minimum Gasteiger partial charge on any atom is -0.316 e. The SMILES string of the molecule is CCNCC(C)S(=O)(=O)NCc1csc(=O)[nH]1. The van der Waals surface area contributed by atoms with Gasteiger partial charge in [-0.25, -0.2) is 13.1 Å². The minimum absolute atomic E-state index is 0.123. The number of rotatable bonds is 7. The van der Waals surface area contributed by atoms with Crippen LogP contribution in [0.5, 0.6) is 0 Å². The van der Waals surface area contributed by atoms with E-state index >= 15 is 0 Å². The molecule has 17 heavy (non-hydrogen) atoms. The molecule has 8 heteroatoms. The smallest absolute Gasteiger partial charge is 0.304 e. The van der Waals surface area contributed by atoms with Crippen LogP contribution in [0, 0.1) is 0 Å². The van der Waals surface area contributed by atoms with Crippen molar-refractivity contribution in [2.24, 2.45) is 0 Å². The third-order valence-corrected chi connectivity index (χ3v) is 4.74. The van der Waals surface area contributed by atoms with E-state index in [1.54, 1.807) is 12.3 Å². The molecular formula is C9H17N3O3S2. The third-order valence-electron chi connectivity index (χ3n) is 2.25. The molecule has 0 aliphatic carbocycles. The monoisotopic (exact) mass is 279 g/mol. The lowest BCUT2D eigenvalue weighted by atomic mass is 10.5. The number of H-pyrrole nitrogens is 1. The van der Waals surface area contributed by atoms with Crippen LogP contribution in [-0.4, -0.2) is 31.7 Å². The highest BCUT2D eigenvalue weighted by molar-refractivity contribution is 7.90. The normalized spacial score (nSPS) is 13.8. The maximum absolute atomic E-state index is 11.8. The van der Waals surface area contributed by atoms with E-state index in [0.717, 1.165) is 17.9 Å². The van der Waals surface area contributed by atoms with Crippen LogP contribution in [0.15, 0.2) is 10.2 Å². The highest BCUT2D eigenvalue weighted by atomic mass is 32.2. The quantitative estimate of drug-likeness (QED) is 0.647. The van der Waals surface area contributed by atoms with Crippen LogP contribution in [0.4, 0.5) is 0 Å². The lowest BCUT2D eigenvalue weighted by molar-refractivity contribution is 0.559. The summed E-state index contributed by atoms with van der Waals surface area (Å²) in [6.45, 7) is 4.82. The van der Waals surface area contributed by atoms with Crippen molar-refractivity contribution in [3.8, 4) is 0 Å². The summed E-state index contributed by atoms with van der Waals surface area (Å²) in [4.78, 5) is 13.2. The van der Waals surface area contributed by atoms with Crippen molar-refractivity contribution in [2.75, 3.05) is 13.1 Å². The second-order valence-corrected chi connectivity index (χ2v) is 6.68. The number of hydrogen-bond donors (Lipinski definition) is 3. The van der Waals surface area contributed by atoms with Crippen LogP contribution in [0.25, 0.3) is 0 Å². The highest BCUT2D eigenvalue weighted by Crippen LogP contribution is 2.00. The number of hydrogen-bond acceptors (Lipinski definition) is 5. The summed E-state index contributed by atoms with van der Waals surface area (Å²) >= 11 is 1.02. The molecule has 0 radical (unpaired) electrons. The predicted octanol–water partition coefficient (Wildman–Crippen LogP) is -0.146. The van der Waals surface area contributed by atoms with Gasteiger partial charge in [-0.05, 0) is 13.5 Å². The Kier molecular flexibility index (Phi) is 5.31. The van der Waals surface area contributed by atoms with Gasteiger partial charge in [-0.2, -0.15) is 0 Å². The molecule has 0 amide bonds. The van der Waals surface area contributed by atoms with Crippen molar-refractivity contribution in [3.05, 3.63) is 20.7 Å². The van der Waals surface area contributed by atoms with Crippen LogP contribution in [0.1, 0.15) is 19.5 Å². The van der Waals surface area contributed by atoms with Gasteiger partial charge in [0.2, 0.25) is 10.0 Å². The van der Waals surface area contributed by atoms with Gasteiger partial charge in [-0.3, -0.25) is 4.79 Å². The first-order valence-electron chi connectivity index (χ1n) is 5.31. The molecule has 0 spiro atoms. The summed E-state index contributed by atoms with van der Waals surface area (Å²) < 4.78 is 26.0. The topological polar surface area (TPSA) is 91.1 Å². The van der Waals surface area contributed by atoms with Crippen molar-refractivity contribution >= 4 is 21.4 Å². The van der Waals surface area contributed by atoms with Gasteiger partial charge in [0.25, 0.3) is 0 Å². The fourth-order valence-corrected chi connectivity index (χ4v) is 2.74. The van der Waals surface area contributed by atoms with E-state index < -0.39 is 15.3 Å². The largest absolute Gasteiger partial charge is 0.316 e. The molecular weight excluding hydrogens is 262 g/mol. The zero-order valence-electron chi connectivity index (χ0n) is 9.82. The van der Waals surface area contributed by atoms with Gasteiger partial charge in [-0.15, -0.1) is 0 Å². The van der Waals surface area contributed by atoms with E-state index in [1.807, 2.05) is 6.92 Å². The van der Waals surface area contributed by atoms with E-state index in [4.69, 9.17) is 0 Å². The van der Waals surface area contributed by atoms with Gasteiger partial charge in [-0.1, -0.05) is 18.3 Å². The van der Waals surface area contributed by atoms with E-state index in [2.05, 4.69) is 15.0 Å². The number of nitrogens with one attached hydrogen (secondary N) is 3. The maximum atomic E-state index is 11.8. The van der Waals surface area contributed by atoms with Gasteiger partial charge in [0.05, 0.1) is 11.8 Å². The number of thiazole rings is 1. The second-order valence-electron chi connectivity index (χ2n) is 3.66. The summed E-state index contributed by atoms with van der Waals surface area (Å²) in [5.74, 6) is 0. The summed E-state index contributed by atoms with van der Waals surface area (Å²) in [6, 6.07) is 0. The minimum atomic E-state index is -3.35. The van der Waals surface area contributed by atoms with Gasteiger partial charge in [0, 0.05) is 17.6 Å². The van der Waals surface area contributed by atoms with E-state index in [9.17, 15) is 13.2 Å². The first-order chi connectivity index (χ1) is 7.95. The lowest BCUT2D eigenvalue weighted by Gasteiger charge is -2.13. The predicted molar refractivity (Wildman–Crippen MR) is 68.7 cm³/mol. The Morgan fingerprint density at radius 2 is 2.24 bits per heavy atom. The van der Waals surface area contributed by atoms with E-state index in [-0.39, 0.29) is 11.4 Å². The molecule has 3 N–H and O–H groups in total. The Labute approximate surface area is 105 Å². The van der Waals surface area contributed by atoms with Crippen LogP contribution in [0.2, 0.25) is 0 Å². The van der Waals surface area contributed by atoms with Crippen molar-refractivity contribution in [1.29, 1.82) is 0 Å². The Bertz CT molecular complexity index is 492. The fraction of sp³-hybridized carbons (Fsp3) is 0.667. The highest BCUT2D eigenvalue weighted by Gasteiger charge is 2.19. The third kappa shape index (κ3) is 4.58. The molecule has 1 heterocycles. The fourth-order valence-electron chi connectivity index (χ4n) is 1.18. The zero-order valence-corrected chi connectivity index (χ0v) is 11.5. The molecule has 1 unspecified atom stereocenters. The average Bonchev–Trinajstić information content (AvgIpc) is 2.69. The molecule has 1 aromatic rings. The average molecular weight is 279 g/mol. The van der Waals surface area contributed by atoms with Gasteiger partial charge < -0.3 is 10.3 Å². The Morgan fingerprint density at radius 3 is 2.76 bits per heavy atom. The first kappa shape index (κ1) is 14.4. The molecule has 0 aliphatic rings. The molecule has 0 saturated heterocycles. The van der Waals surface area contributed by atoms with Crippen LogP contribution in [-0.2, 0) is 16.6 Å². The van der Waals surface area contributed by atoms with Crippen molar-refractivity contribution < 1.29 is 8.42 Å². The molecule has 1 aromatic heterocycles. The molecule has 0 aromatic carbocycles. The second kappa shape index (κ2) is 6.29. The standard InChI is InChI=1S/C9H17N3O3S2/c1-3-10-4-7(2)17(14,15)11-5-8-6-16-9(13)12-8/h6-7,10-11H,3-5H2,1-2H3,(H,12,13). The van der Waals surface area contributed by atoms with E-state index in [0.29, 0.717) is 12.2 Å². The summed E-state index contributed by atoms with van der Waals surface area (Å²) in [7, 11) is -3.35. The van der Waals surface area contributed by atoms with Crippen molar-refractivity contribution in [3.63, 3.8) is 0 Å². The summed E-state index contributed by atoms with van der Waals surface area (Å²) in [5, 5.41) is 4.09. The first-order valence-corrected chi connectivity index (χ1v) is 7.74. The number of sulfonamides is 1. The lowest BCUT2D eigenvalue weighted by Crippen LogP contribution is -2.38. The molecule has 98 valence electrons. The summed E-state index contributed by atoms with van der Waals surface area (Å²) in [6.07, 6.45) is 0. The van der Waals surface area contributed by atoms with Gasteiger partial charge >= 0.3 is 4.87 Å². The molecule has 1 atom stereocenters. The zero-order chi connectivity index (χ0) is 12.9. The molecule has 0 fully saturated rings. The molecule has 0 bridgehead atoms. The van der Waals surface area contributed by atoms with Crippen LogP contribution >= 0.6 is 11.3 Å². The molecule has 0 aliphatic heterocycles. The Balaban J connectivity index is 2.52. The van der Waals surface area contributed by atoms with Crippen LogP contribution in [0.3, 0.4) is 0 Å². The van der Waals surface area contributed by atoms with Gasteiger partial charge in [0.1, 0.15) is 0 Å². The van der Waals surface area contributed by atoms with Crippen LogP contribution < -0.4 is 14.9 Å². The van der Waals surface area contributed by atoms with E-state index in [1.165, 1.54) is 0 Å². The molecule has 6 nitrogen and oxygen atoms in total. The molecule has 0 saturated carbocycles. The van der Waals surface area contributed by atoms with Crippen molar-refractivity contribution in [1.82, 2.24) is 15.0 Å². The molecule has 1 rings (SSSR count). The maximum Gasteiger partial charge on any atom is 0.304 e. The number of aromatic nitrogens is 1. The Hall–Kier alpha value is -0.700. The Morgan fingerprint density at radius 1 is 1.53 bits per heavy atom. The number of aromatic amines is 1. The van der Waals surface area contributed by atoms with Crippen molar-refractivity contribution in [2.45, 2.75) is 25.6 Å². The summed E-state index contributed by atoms with van der Waals surface area (Å²) in [5.41, 5.74) is 0.583.